The molecule has 30 heavy (non-hydrogen) atoms. The number of carbonyl (C=O) groups excluding carboxylic acids is 2. The van der Waals surface area contributed by atoms with E-state index < -0.39 is 15.9 Å². The van der Waals surface area contributed by atoms with Gasteiger partial charge in [-0.25, -0.2) is 8.42 Å². The maximum Gasteiger partial charge on any atom is 0.253 e. The van der Waals surface area contributed by atoms with Crippen LogP contribution in [0.25, 0.3) is 10.8 Å². The summed E-state index contributed by atoms with van der Waals surface area (Å²) in [4.78, 5) is 26.0. The van der Waals surface area contributed by atoms with Crippen molar-refractivity contribution in [1.29, 1.82) is 0 Å². The fourth-order valence-electron chi connectivity index (χ4n) is 3.03. The van der Waals surface area contributed by atoms with Crippen LogP contribution in [-0.2, 0) is 14.8 Å². The molecule has 0 spiro atoms. The summed E-state index contributed by atoms with van der Waals surface area (Å²) in [6.07, 6.45) is 1.04. The van der Waals surface area contributed by atoms with E-state index in [9.17, 15) is 18.0 Å². The van der Waals surface area contributed by atoms with Gasteiger partial charge in [0.1, 0.15) is 6.54 Å². The Balaban J connectivity index is 1.79. The van der Waals surface area contributed by atoms with Crippen molar-refractivity contribution in [1.82, 2.24) is 4.90 Å². The fraction of sp³-hybridized carbons (Fsp3) is 0.182. The molecule has 0 aliphatic heterocycles. The normalized spacial score (nSPS) is 11.2. The second kappa shape index (κ2) is 8.54. The molecule has 0 saturated carbocycles. The molecule has 0 aliphatic rings. The molecule has 3 aromatic carbocycles. The van der Waals surface area contributed by atoms with Crippen LogP contribution in [0.2, 0.25) is 0 Å². The highest BCUT2D eigenvalue weighted by Crippen LogP contribution is 2.21. The maximum atomic E-state index is 12.6. The van der Waals surface area contributed by atoms with Gasteiger partial charge in [0.2, 0.25) is 15.9 Å². The SMILES string of the molecule is CN(C)C(=O)c1ccc(N(CC(=O)Nc2ccc3ccccc3c2)S(C)(=O)=O)cc1. The zero-order chi connectivity index (χ0) is 21.9. The van der Waals surface area contributed by atoms with Crippen molar-refractivity contribution < 1.29 is 18.0 Å². The third kappa shape index (κ3) is 4.96. The Morgan fingerprint density at radius 3 is 2.13 bits per heavy atom. The van der Waals surface area contributed by atoms with Gasteiger partial charge < -0.3 is 10.2 Å². The average Bonchev–Trinajstić information content (AvgIpc) is 2.70. The van der Waals surface area contributed by atoms with Gasteiger partial charge in [0, 0.05) is 25.3 Å². The summed E-state index contributed by atoms with van der Waals surface area (Å²) in [7, 11) is -0.442. The lowest BCUT2D eigenvalue weighted by molar-refractivity contribution is -0.114. The second-order valence-corrected chi connectivity index (χ2v) is 9.03. The van der Waals surface area contributed by atoms with E-state index >= 15 is 0 Å². The molecule has 0 aromatic heterocycles. The smallest absolute Gasteiger partial charge is 0.253 e. The molecular weight excluding hydrogens is 402 g/mol. The summed E-state index contributed by atoms with van der Waals surface area (Å²) >= 11 is 0. The molecule has 0 heterocycles. The molecule has 3 rings (SSSR count). The van der Waals surface area contributed by atoms with Crippen LogP contribution in [0, 0.1) is 0 Å². The summed E-state index contributed by atoms with van der Waals surface area (Å²) in [5.41, 5.74) is 1.32. The highest BCUT2D eigenvalue weighted by atomic mass is 32.2. The van der Waals surface area contributed by atoms with Gasteiger partial charge in [-0.1, -0.05) is 30.3 Å². The summed E-state index contributed by atoms with van der Waals surface area (Å²) in [6, 6.07) is 19.3. The number of anilines is 2. The molecule has 0 aliphatic carbocycles. The molecule has 2 amide bonds. The number of benzene rings is 3. The number of carbonyl (C=O) groups is 2. The lowest BCUT2D eigenvalue weighted by atomic mass is 10.1. The molecule has 0 bridgehead atoms. The highest BCUT2D eigenvalue weighted by Gasteiger charge is 2.21. The summed E-state index contributed by atoms with van der Waals surface area (Å²) in [5.74, 6) is -0.661. The molecule has 1 N–H and O–H groups in total. The van der Waals surface area contributed by atoms with Gasteiger partial charge in [-0.15, -0.1) is 0 Å². The largest absolute Gasteiger partial charge is 0.345 e. The van der Waals surface area contributed by atoms with Crippen LogP contribution in [-0.4, -0.2) is 52.0 Å². The summed E-state index contributed by atoms with van der Waals surface area (Å²) in [5, 5.41) is 4.76. The van der Waals surface area contributed by atoms with Gasteiger partial charge in [0.25, 0.3) is 5.91 Å². The lowest BCUT2D eigenvalue weighted by Gasteiger charge is -2.22. The predicted octanol–water partition coefficient (Wildman–Crippen LogP) is 2.95. The first kappa shape index (κ1) is 21.3. The molecule has 156 valence electrons. The van der Waals surface area contributed by atoms with Crippen LogP contribution in [0.4, 0.5) is 11.4 Å². The number of hydrogen-bond acceptors (Lipinski definition) is 4. The minimum atomic E-state index is -3.71. The highest BCUT2D eigenvalue weighted by molar-refractivity contribution is 7.92. The van der Waals surface area contributed by atoms with Crippen LogP contribution in [0.1, 0.15) is 10.4 Å². The number of sulfonamides is 1. The topological polar surface area (TPSA) is 86.8 Å². The molecule has 7 nitrogen and oxygen atoms in total. The molecule has 0 radical (unpaired) electrons. The number of hydrogen-bond donors (Lipinski definition) is 1. The van der Waals surface area contributed by atoms with E-state index in [1.165, 1.54) is 29.2 Å². The van der Waals surface area contributed by atoms with Gasteiger partial charge in [-0.3, -0.25) is 13.9 Å². The van der Waals surface area contributed by atoms with Crippen molar-refractivity contribution in [3.05, 3.63) is 72.3 Å². The third-order valence-corrected chi connectivity index (χ3v) is 5.67. The van der Waals surface area contributed by atoms with Crippen LogP contribution in [0.15, 0.2) is 66.7 Å². The standard InChI is InChI=1S/C22H23N3O4S/c1-24(2)22(27)17-9-12-20(13-10-17)25(30(3,28)29)15-21(26)23-19-11-8-16-6-4-5-7-18(16)14-19/h4-14H,15H2,1-3H3,(H,23,26). The Morgan fingerprint density at radius 2 is 1.53 bits per heavy atom. The first-order valence-corrected chi connectivity index (χ1v) is 11.1. The molecule has 0 unspecified atom stereocenters. The Morgan fingerprint density at radius 1 is 0.900 bits per heavy atom. The third-order valence-electron chi connectivity index (χ3n) is 4.53. The lowest BCUT2D eigenvalue weighted by Crippen LogP contribution is -2.37. The zero-order valence-electron chi connectivity index (χ0n) is 17.0. The van der Waals surface area contributed by atoms with E-state index in [1.807, 2.05) is 36.4 Å². The Bertz CT molecular complexity index is 1190. The molecular formula is C22H23N3O4S. The van der Waals surface area contributed by atoms with Gasteiger partial charge in [-0.2, -0.15) is 0 Å². The quantitative estimate of drug-likeness (QED) is 0.658. The van der Waals surface area contributed by atoms with E-state index in [1.54, 1.807) is 20.2 Å². The van der Waals surface area contributed by atoms with Gasteiger partial charge in [0.05, 0.1) is 11.9 Å². The van der Waals surface area contributed by atoms with E-state index in [-0.39, 0.29) is 12.5 Å². The van der Waals surface area contributed by atoms with Crippen molar-refractivity contribution in [2.75, 3.05) is 36.5 Å². The number of fused-ring (bicyclic) bond motifs is 1. The fourth-order valence-corrected chi connectivity index (χ4v) is 3.88. The van der Waals surface area contributed by atoms with E-state index in [4.69, 9.17) is 0 Å². The molecule has 0 fully saturated rings. The van der Waals surface area contributed by atoms with Crippen molar-refractivity contribution in [2.24, 2.45) is 0 Å². The monoisotopic (exact) mass is 425 g/mol. The summed E-state index contributed by atoms with van der Waals surface area (Å²) in [6.45, 7) is -0.382. The molecule has 0 atom stereocenters. The Kier molecular flexibility index (Phi) is 6.07. The van der Waals surface area contributed by atoms with Crippen molar-refractivity contribution >= 4 is 44.0 Å². The van der Waals surface area contributed by atoms with Crippen LogP contribution < -0.4 is 9.62 Å². The van der Waals surface area contributed by atoms with E-state index in [0.29, 0.717) is 16.9 Å². The molecule has 8 heteroatoms. The average molecular weight is 426 g/mol. The van der Waals surface area contributed by atoms with Crippen molar-refractivity contribution in [3.8, 4) is 0 Å². The van der Waals surface area contributed by atoms with Crippen LogP contribution in [0.5, 0.6) is 0 Å². The molecule has 3 aromatic rings. The van der Waals surface area contributed by atoms with Gasteiger partial charge in [-0.05, 0) is 47.2 Å². The number of amides is 2. The van der Waals surface area contributed by atoms with E-state index in [2.05, 4.69) is 5.32 Å². The van der Waals surface area contributed by atoms with Crippen molar-refractivity contribution in [3.63, 3.8) is 0 Å². The molecule has 0 saturated heterocycles. The number of nitrogens with one attached hydrogen (secondary N) is 1. The minimum absolute atomic E-state index is 0.193. The summed E-state index contributed by atoms with van der Waals surface area (Å²) < 4.78 is 25.6. The number of rotatable bonds is 6. The Hall–Kier alpha value is -3.39. The second-order valence-electron chi connectivity index (χ2n) is 7.13. The first-order chi connectivity index (χ1) is 14.1. The zero-order valence-corrected chi connectivity index (χ0v) is 17.8. The first-order valence-electron chi connectivity index (χ1n) is 9.23. The van der Waals surface area contributed by atoms with E-state index in [0.717, 1.165) is 21.3 Å². The van der Waals surface area contributed by atoms with Crippen LogP contribution >= 0.6 is 0 Å². The number of nitrogens with zero attached hydrogens (tertiary/aromatic N) is 2. The van der Waals surface area contributed by atoms with Crippen LogP contribution in [0.3, 0.4) is 0 Å². The predicted molar refractivity (Wildman–Crippen MR) is 119 cm³/mol. The van der Waals surface area contributed by atoms with Gasteiger partial charge in [0.15, 0.2) is 0 Å². The minimum Gasteiger partial charge on any atom is -0.345 e. The van der Waals surface area contributed by atoms with Gasteiger partial charge >= 0.3 is 0 Å². The maximum absolute atomic E-state index is 12.6. The Labute approximate surface area is 176 Å². The van der Waals surface area contributed by atoms with Crippen molar-refractivity contribution in [2.45, 2.75) is 0 Å².